The van der Waals surface area contributed by atoms with Crippen LogP contribution in [0.15, 0.2) is 71.3 Å². The zero-order valence-corrected chi connectivity index (χ0v) is 20.8. The summed E-state index contributed by atoms with van der Waals surface area (Å²) in [6, 6.07) is 17.3. The van der Waals surface area contributed by atoms with E-state index in [0.29, 0.717) is 35.1 Å². The van der Waals surface area contributed by atoms with Crippen molar-refractivity contribution >= 4 is 22.8 Å². The van der Waals surface area contributed by atoms with Crippen LogP contribution in [0.1, 0.15) is 37.6 Å². The Morgan fingerprint density at radius 3 is 2.56 bits per heavy atom. The van der Waals surface area contributed by atoms with Gasteiger partial charge in [0.25, 0.3) is 0 Å². The minimum Gasteiger partial charge on any atom is -0.497 e. The van der Waals surface area contributed by atoms with E-state index in [2.05, 4.69) is 29.5 Å². The number of nitrogens with zero attached hydrogens (tertiary/aromatic N) is 4. The van der Waals surface area contributed by atoms with Crippen molar-refractivity contribution in [1.29, 1.82) is 0 Å². The van der Waals surface area contributed by atoms with Gasteiger partial charge in [0.2, 0.25) is 11.8 Å². The largest absolute Gasteiger partial charge is 0.497 e. The first kappa shape index (κ1) is 25.0. The number of para-hydroxylation sites is 1. The van der Waals surface area contributed by atoms with Crippen LogP contribution in [0.5, 0.6) is 5.75 Å². The van der Waals surface area contributed by atoms with Crippen molar-refractivity contribution in [3.63, 3.8) is 0 Å². The molecule has 0 spiro atoms. The van der Waals surface area contributed by atoms with Gasteiger partial charge in [-0.3, -0.25) is 9.59 Å². The molecule has 4 rings (SSSR count). The number of methoxy groups -OCH3 is 1. The summed E-state index contributed by atoms with van der Waals surface area (Å²) in [5.74, 6) is 1.12. The summed E-state index contributed by atoms with van der Waals surface area (Å²) < 4.78 is 12.4. The zero-order valence-electron chi connectivity index (χ0n) is 20.8. The van der Waals surface area contributed by atoms with Crippen molar-refractivity contribution < 1.29 is 18.7 Å². The van der Waals surface area contributed by atoms with Gasteiger partial charge in [0.05, 0.1) is 25.4 Å². The lowest BCUT2D eigenvalue weighted by Crippen LogP contribution is -2.45. The van der Waals surface area contributed by atoms with Gasteiger partial charge in [-0.1, -0.05) is 43.3 Å². The average Bonchev–Trinajstić information content (AvgIpc) is 3.54. The molecule has 2 aromatic heterocycles. The second kappa shape index (κ2) is 11.5. The standard InChI is InChI=1S/C27H31N5O4/c1-19(2)14-15-28-27(34)26(20-10-12-21(35-3)13-11-20)31(17-22-7-6-16-36-22)25(33)18-32-24-9-5-4-8-23(24)29-30-32/h4-13,16,19,26H,14-15,17-18H2,1-3H3,(H,28,34)/t26-/m1/s1. The number of nitrogens with one attached hydrogen (secondary N) is 1. The van der Waals surface area contributed by atoms with Crippen LogP contribution in [0.4, 0.5) is 0 Å². The number of ether oxygens (including phenoxy) is 1. The van der Waals surface area contributed by atoms with E-state index in [4.69, 9.17) is 9.15 Å². The second-order valence-corrected chi connectivity index (χ2v) is 8.99. The highest BCUT2D eigenvalue weighted by Gasteiger charge is 2.32. The molecule has 36 heavy (non-hydrogen) atoms. The van der Waals surface area contributed by atoms with Crippen LogP contribution < -0.4 is 10.1 Å². The van der Waals surface area contributed by atoms with E-state index in [1.54, 1.807) is 54.5 Å². The van der Waals surface area contributed by atoms with Crippen LogP contribution in [0, 0.1) is 5.92 Å². The van der Waals surface area contributed by atoms with Crippen LogP contribution in [0.3, 0.4) is 0 Å². The van der Waals surface area contributed by atoms with E-state index in [1.165, 1.54) is 4.90 Å². The normalized spacial score (nSPS) is 12.0. The van der Waals surface area contributed by atoms with E-state index < -0.39 is 6.04 Å². The minimum absolute atomic E-state index is 0.0762. The third-order valence-corrected chi connectivity index (χ3v) is 5.94. The maximum Gasteiger partial charge on any atom is 0.247 e. The van der Waals surface area contributed by atoms with Crippen LogP contribution in [-0.2, 0) is 22.7 Å². The van der Waals surface area contributed by atoms with Crippen LogP contribution in [-0.4, -0.2) is 45.4 Å². The maximum atomic E-state index is 13.8. The molecule has 4 aromatic rings. The van der Waals surface area contributed by atoms with Gasteiger partial charge in [-0.2, -0.15) is 0 Å². The molecule has 0 aliphatic carbocycles. The van der Waals surface area contributed by atoms with Crippen LogP contribution in [0.2, 0.25) is 0 Å². The van der Waals surface area contributed by atoms with Crippen LogP contribution >= 0.6 is 0 Å². The first-order valence-electron chi connectivity index (χ1n) is 12.0. The van der Waals surface area contributed by atoms with Crippen molar-refractivity contribution in [3.8, 4) is 5.75 Å². The summed E-state index contributed by atoms with van der Waals surface area (Å²) in [5, 5.41) is 11.3. The molecule has 0 bridgehead atoms. The predicted octanol–water partition coefficient (Wildman–Crippen LogP) is 3.97. The lowest BCUT2D eigenvalue weighted by Gasteiger charge is -2.31. The molecule has 2 amide bonds. The van der Waals surface area contributed by atoms with Gasteiger partial charge < -0.3 is 19.4 Å². The van der Waals surface area contributed by atoms with Crippen molar-refractivity contribution in [1.82, 2.24) is 25.2 Å². The van der Waals surface area contributed by atoms with E-state index >= 15 is 0 Å². The van der Waals surface area contributed by atoms with Crippen molar-refractivity contribution in [2.24, 2.45) is 5.92 Å². The number of carbonyl (C=O) groups is 2. The van der Waals surface area contributed by atoms with Crippen molar-refractivity contribution in [3.05, 3.63) is 78.3 Å². The number of hydrogen-bond donors (Lipinski definition) is 1. The first-order valence-corrected chi connectivity index (χ1v) is 12.0. The number of carbonyl (C=O) groups excluding carboxylic acids is 2. The second-order valence-electron chi connectivity index (χ2n) is 8.99. The third-order valence-electron chi connectivity index (χ3n) is 5.94. The van der Waals surface area contributed by atoms with Crippen LogP contribution in [0.25, 0.3) is 11.0 Å². The molecule has 188 valence electrons. The molecule has 2 heterocycles. The average molecular weight is 490 g/mol. The molecule has 9 nitrogen and oxygen atoms in total. The quantitative estimate of drug-likeness (QED) is 0.342. The number of furan rings is 1. The lowest BCUT2D eigenvalue weighted by molar-refractivity contribution is -0.142. The summed E-state index contributed by atoms with van der Waals surface area (Å²) in [6.45, 7) is 4.75. The van der Waals surface area contributed by atoms with E-state index in [0.717, 1.165) is 11.9 Å². The zero-order chi connectivity index (χ0) is 25.5. The number of aromatic nitrogens is 3. The fourth-order valence-corrected chi connectivity index (χ4v) is 3.99. The van der Waals surface area contributed by atoms with Gasteiger partial charge >= 0.3 is 0 Å². The molecule has 1 N–H and O–H groups in total. The molecule has 0 radical (unpaired) electrons. The molecular formula is C27H31N5O4. The van der Waals surface area contributed by atoms with Gasteiger partial charge in [-0.05, 0) is 54.3 Å². The van der Waals surface area contributed by atoms with Crippen molar-refractivity contribution in [2.45, 2.75) is 39.4 Å². The molecule has 0 aliphatic rings. The number of rotatable bonds is 11. The van der Waals surface area contributed by atoms with Gasteiger partial charge in [-0.25, -0.2) is 4.68 Å². The smallest absolute Gasteiger partial charge is 0.247 e. The highest BCUT2D eigenvalue weighted by Crippen LogP contribution is 2.27. The summed E-state index contributed by atoms with van der Waals surface area (Å²) in [5.41, 5.74) is 2.10. The fourth-order valence-electron chi connectivity index (χ4n) is 3.99. The van der Waals surface area contributed by atoms with E-state index in [9.17, 15) is 9.59 Å². The Morgan fingerprint density at radius 2 is 1.86 bits per heavy atom. The SMILES string of the molecule is COc1ccc([C@H](C(=O)NCCC(C)C)N(Cc2ccco2)C(=O)Cn2nnc3ccccc32)cc1. The third kappa shape index (κ3) is 5.91. The number of hydrogen-bond acceptors (Lipinski definition) is 6. The van der Waals surface area contributed by atoms with Gasteiger partial charge in [0, 0.05) is 6.54 Å². The Labute approximate surface area is 210 Å². The Morgan fingerprint density at radius 1 is 1.08 bits per heavy atom. The monoisotopic (exact) mass is 489 g/mol. The molecule has 9 heteroatoms. The Kier molecular flexibility index (Phi) is 7.99. The lowest BCUT2D eigenvalue weighted by atomic mass is 10.0. The summed E-state index contributed by atoms with van der Waals surface area (Å²) in [7, 11) is 1.58. The number of amides is 2. The molecule has 0 saturated carbocycles. The fraction of sp³-hybridized carbons (Fsp3) is 0.333. The molecule has 0 fully saturated rings. The molecular weight excluding hydrogens is 458 g/mol. The van der Waals surface area contributed by atoms with Crippen molar-refractivity contribution in [2.75, 3.05) is 13.7 Å². The predicted molar refractivity (Wildman–Crippen MR) is 135 cm³/mol. The molecule has 0 saturated heterocycles. The van der Waals surface area contributed by atoms with Gasteiger partial charge in [0.15, 0.2) is 0 Å². The molecule has 1 atom stereocenters. The Balaban J connectivity index is 1.69. The Hall–Kier alpha value is -4.14. The highest BCUT2D eigenvalue weighted by molar-refractivity contribution is 5.89. The minimum atomic E-state index is -0.879. The topological polar surface area (TPSA) is 102 Å². The van der Waals surface area contributed by atoms with E-state index in [-0.39, 0.29) is 24.9 Å². The van der Waals surface area contributed by atoms with Gasteiger partial charge in [-0.15, -0.1) is 5.10 Å². The van der Waals surface area contributed by atoms with E-state index in [1.807, 2.05) is 24.3 Å². The number of fused-ring (bicyclic) bond motifs is 1. The summed E-state index contributed by atoms with van der Waals surface area (Å²) in [6.07, 6.45) is 2.38. The number of benzene rings is 2. The summed E-state index contributed by atoms with van der Waals surface area (Å²) in [4.78, 5) is 28.9. The maximum absolute atomic E-state index is 13.8. The molecule has 2 aromatic carbocycles. The highest BCUT2D eigenvalue weighted by atomic mass is 16.5. The van der Waals surface area contributed by atoms with Gasteiger partial charge in [0.1, 0.15) is 29.6 Å². The molecule has 0 aliphatic heterocycles. The first-order chi connectivity index (χ1) is 17.5. The Bertz CT molecular complexity index is 1280. The summed E-state index contributed by atoms with van der Waals surface area (Å²) >= 11 is 0. The molecule has 0 unspecified atom stereocenters.